The molecule has 0 aromatic heterocycles. The monoisotopic (exact) mass is 495 g/mol. The number of phenols is 1. The summed E-state index contributed by atoms with van der Waals surface area (Å²) in [5.41, 5.74) is 13.1. The summed E-state index contributed by atoms with van der Waals surface area (Å²) in [7, 11) is 0. The summed E-state index contributed by atoms with van der Waals surface area (Å²) >= 11 is 0. The van der Waals surface area contributed by atoms with Gasteiger partial charge < -0.3 is 32.1 Å². The summed E-state index contributed by atoms with van der Waals surface area (Å²) in [4.78, 5) is 52.2. The Bertz CT molecular complexity index is 1080. The van der Waals surface area contributed by atoms with Crippen molar-refractivity contribution in [1.82, 2.24) is 15.5 Å². The number of likely N-dealkylation sites (tertiary alicyclic amines) is 1. The molecule has 1 saturated heterocycles. The number of nitrogens with two attached hydrogens (primary N) is 2. The molecule has 3 rings (SSSR count). The van der Waals surface area contributed by atoms with Crippen LogP contribution in [0.5, 0.6) is 5.75 Å². The summed E-state index contributed by atoms with van der Waals surface area (Å²) in [6, 6.07) is 12.0. The molecule has 2 aromatic rings. The van der Waals surface area contributed by atoms with Crippen LogP contribution in [0.25, 0.3) is 0 Å². The number of carbonyl (C=O) groups is 4. The van der Waals surface area contributed by atoms with Gasteiger partial charge in [-0.25, -0.2) is 0 Å². The Morgan fingerprint density at radius 3 is 2.25 bits per heavy atom. The van der Waals surface area contributed by atoms with E-state index in [2.05, 4.69) is 10.6 Å². The van der Waals surface area contributed by atoms with Crippen LogP contribution in [-0.2, 0) is 32.0 Å². The van der Waals surface area contributed by atoms with Gasteiger partial charge in [-0.3, -0.25) is 19.2 Å². The first kappa shape index (κ1) is 26.7. The minimum atomic E-state index is -0.958. The second-order valence-corrected chi connectivity index (χ2v) is 9.05. The average Bonchev–Trinajstić information content (AvgIpc) is 3.35. The largest absolute Gasteiger partial charge is 0.508 e. The van der Waals surface area contributed by atoms with E-state index >= 15 is 0 Å². The highest BCUT2D eigenvalue weighted by molar-refractivity contribution is 5.94. The SMILES string of the molecule is CC(NC(=O)C(N)Cc1ccc(O)cc1)C(=O)NC(Cc1ccccc1)C(=O)N1CCCC1C(N)=O. The third-order valence-electron chi connectivity index (χ3n) is 6.24. The lowest BCUT2D eigenvalue weighted by Crippen LogP contribution is -2.57. The van der Waals surface area contributed by atoms with Crippen molar-refractivity contribution in [3.63, 3.8) is 0 Å². The average molecular weight is 496 g/mol. The first-order valence-corrected chi connectivity index (χ1v) is 11.9. The highest BCUT2D eigenvalue weighted by Gasteiger charge is 2.37. The third-order valence-corrected chi connectivity index (χ3v) is 6.24. The highest BCUT2D eigenvalue weighted by atomic mass is 16.3. The topological polar surface area (TPSA) is 168 Å². The Hall–Kier alpha value is -3.92. The van der Waals surface area contributed by atoms with Crippen LogP contribution in [0.4, 0.5) is 0 Å². The molecule has 0 spiro atoms. The van der Waals surface area contributed by atoms with Gasteiger partial charge in [0.2, 0.25) is 23.6 Å². The van der Waals surface area contributed by atoms with Crippen LogP contribution in [0.15, 0.2) is 54.6 Å². The summed E-state index contributed by atoms with van der Waals surface area (Å²) in [6.45, 7) is 1.89. The number of aromatic hydroxyl groups is 1. The first-order valence-electron chi connectivity index (χ1n) is 11.9. The van der Waals surface area contributed by atoms with Crippen molar-refractivity contribution in [2.45, 2.75) is 56.8 Å². The van der Waals surface area contributed by atoms with Gasteiger partial charge in [0.15, 0.2) is 0 Å². The molecular formula is C26H33N5O5. The molecule has 1 fully saturated rings. The van der Waals surface area contributed by atoms with Gasteiger partial charge in [0.1, 0.15) is 23.9 Å². The zero-order chi connectivity index (χ0) is 26.2. The van der Waals surface area contributed by atoms with Gasteiger partial charge in [-0.05, 0) is 49.4 Å². The molecule has 10 nitrogen and oxygen atoms in total. The van der Waals surface area contributed by atoms with E-state index in [1.165, 1.54) is 24.0 Å². The summed E-state index contributed by atoms with van der Waals surface area (Å²) < 4.78 is 0. The minimum absolute atomic E-state index is 0.109. The van der Waals surface area contributed by atoms with Crippen molar-refractivity contribution in [3.8, 4) is 5.75 Å². The molecule has 1 aliphatic heterocycles. The molecule has 1 heterocycles. The Balaban J connectivity index is 1.65. The first-order chi connectivity index (χ1) is 17.2. The van der Waals surface area contributed by atoms with Crippen LogP contribution >= 0.6 is 0 Å². The maximum atomic E-state index is 13.4. The van der Waals surface area contributed by atoms with Crippen molar-refractivity contribution < 1.29 is 24.3 Å². The van der Waals surface area contributed by atoms with Crippen molar-refractivity contribution in [3.05, 3.63) is 65.7 Å². The molecule has 7 N–H and O–H groups in total. The van der Waals surface area contributed by atoms with E-state index in [1.807, 2.05) is 30.3 Å². The zero-order valence-corrected chi connectivity index (χ0v) is 20.2. The Kier molecular flexibility index (Phi) is 9.02. The number of primary amides is 1. The molecule has 1 aliphatic rings. The van der Waals surface area contributed by atoms with Crippen molar-refractivity contribution in [2.75, 3.05) is 6.54 Å². The fourth-order valence-corrected chi connectivity index (χ4v) is 4.24. The number of phenolic OH excluding ortho intramolecular Hbond substituents is 1. The van der Waals surface area contributed by atoms with Gasteiger partial charge in [0.05, 0.1) is 6.04 Å². The maximum absolute atomic E-state index is 13.4. The van der Waals surface area contributed by atoms with E-state index in [-0.39, 0.29) is 18.6 Å². The molecule has 4 atom stereocenters. The predicted molar refractivity (Wildman–Crippen MR) is 133 cm³/mol. The Morgan fingerprint density at radius 1 is 0.972 bits per heavy atom. The quantitative estimate of drug-likeness (QED) is 0.310. The number of hydrogen-bond donors (Lipinski definition) is 5. The summed E-state index contributed by atoms with van der Waals surface area (Å²) in [5.74, 6) is -1.93. The van der Waals surface area contributed by atoms with Crippen molar-refractivity contribution in [2.24, 2.45) is 11.5 Å². The van der Waals surface area contributed by atoms with Crippen molar-refractivity contribution >= 4 is 23.6 Å². The van der Waals surface area contributed by atoms with E-state index in [4.69, 9.17) is 11.5 Å². The number of benzene rings is 2. The van der Waals surface area contributed by atoms with Gasteiger partial charge in [-0.15, -0.1) is 0 Å². The second-order valence-electron chi connectivity index (χ2n) is 9.05. The molecule has 192 valence electrons. The molecule has 0 aliphatic carbocycles. The predicted octanol–water partition coefficient (Wildman–Crippen LogP) is -0.0295. The van der Waals surface area contributed by atoms with E-state index in [9.17, 15) is 24.3 Å². The van der Waals surface area contributed by atoms with Crippen LogP contribution in [0, 0.1) is 0 Å². The third kappa shape index (κ3) is 7.05. The fraction of sp³-hybridized carbons (Fsp3) is 0.385. The summed E-state index contributed by atoms with van der Waals surface area (Å²) in [6.07, 6.45) is 1.57. The van der Waals surface area contributed by atoms with Gasteiger partial charge in [-0.1, -0.05) is 42.5 Å². The highest BCUT2D eigenvalue weighted by Crippen LogP contribution is 2.19. The molecule has 2 aromatic carbocycles. The molecule has 10 heteroatoms. The molecule has 36 heavy (non-hydrogen) atoms. The Labute approximate surface area is 210 Å². The van der Waals surface area contributed by atoms with Gasteiger partial charge >= 0.3 is 0 Å². The Morgan fingerprint density at radius 2 is 1.61 bits per heavy atom. The normalized spacial score (nSPS) is 17.6. The lowest BCUT2D eigenvalue weighted by Gasteiger charge is -2.29. The van der Waals surface area contributed by atoms with Crippen molar-refractivity contribution in [1.29, 1.82) is 0 Å². The molecule has 0 bridgehead atoms. The van der Waals surface area contributed by atoms with Gasteiger partial charge in [0.25, 0.3) is 0 Å². The second kappa shape index (κ2) is 12.2. The van der Waals surface area contributed by atoms with Crippen LogP contribution in [0.3, 0.4) is 0 Å². The standard InChI is InChI=1S/C26H33N5O5/c1-16(29-25(35)20(27)14-18-9-11-19(32)12-10-18)24(34)30-21(15-17-6-3-2-4-7-17)26(36)31-13-5-8-22(31)23(28)33/h2-4,6-7,9-12,16,20-22,32H,5,8,13-15,27H2,1H3,(H2,28,33)(H,29,35)(H,30,34). The number of carbonyl (C=O) groups excluding carboxylic acids is 4. The van der Waals surface area contributed by atoms with Crippen LogP contribution in [0.2, 0.25) is 0 Å². The maximum Gasteiger partial charge on any atom is 0.246 e. The van der Waals surface area contributed by atoms with E-state index < -0.39 is 47.8 Å². The van der Waals surface area contributed by atoms with Crippen LogP contribution in [0.1, 0.15) is 30.9 Å². The van der Waals surface area contributed by atoms with Gasteiger partial charge in [0, 0.05) is 13.0 Å². The number of nitrogens with zero attached hydrogens (tertiary/aromatic N) is 1. The molecule has 4 unspecified atom stereocenters. The van der Waals surface area contributed by atoms with E-state index in [0.29, 0.717) is 19.4 Å². The number of amides is 4. The molecular weight excluding hydrogens is 462 g/mol. The molecule has 0 radical (unpaired) electrons. The number of nitrogens with one attached hydrogen (secondary N) is 2. The molecule has 0 saturated carbocycles. The smallest absolute Gasteiger partial charge is 0.246 e. The lowest BCUT2D eigenvalue weighted by atomic mass is 10.0. The number of hydrogen-bond acceptors (Lipinski definition) is 6. The van der Waals surface area contributed by atoms with Gasteiger partial charge in [-0.2, -0.15) is 0 Å². The van der Waals surface area contributed by atoms with Crippen LogP contribution < -0.4 is 22.1 Å². The number of rotatable bonds is 10. The van der Waals surface area contributed by atoms with E-state index in [0.717, 1.165) is 11.1 Å². The fourth-order valence-electron chi connectivity index (χ4n) is 4.24. The zero-order valence-electron chi connectivity index (χ0n) is 20.2. The molecule has 4 amide bonds. The summed E-state index contributed by atoms with van der Waals surface area (Å²) in [5, 5.41) is 14.7. The lowest BCUT2D eigenvalue weighted by molar-refractivity contribution is -0.141. The van der Waals surface area contributed by atoms with Crippen LogP contribution in [-0.4, -0.2) is 64.3 Å². The minimum Gasteiger partial charge on any atom is -0.508 e. The van der Waals surface area contributed by atoms with E-state index in [1.54, 1.807) is 12.1 Å².